The van der Waals surface area contributed by atoms with E-state index in [1.807, 2.05) is 42.5 Å². The first-order valence-electron chi connectivity index (χ1n) is 11.6. The number of carbonyl (C=O) groups is 2. The molecule has 8 heteroatoms. The van der Waals surface area contributed by atoms with Crippen LogP contribution in [0.1, 0.15) is 24.3 Å². The second-order valence-corrected chi connectivity index (χ2v) is 9.46. The Balaban J connectivity index is 1.18. The SMILES string of the molecule is O=C1CC(c2ccc(Cl)cc2)CC(=O)C1=CNCCN1CCN(C(=S)Nc2ccccc2)CC1. The summed E-state index contributed by atoms with van der Waals surface area (Å²) in [6.45, 7) is 5.07. The third kappa shape index (κ3) is 6.44. The van der Waals surface area contributed by atoms with Crippen LogP contribution in [0.15, 0.2) is 66.4 Å². The van der Waals surface area contributed by atoms with Gasteiger partial charge in [0.1, 0.15) is 0 Å². The van der Waals surface area contributed by atoms with Gasteiger partial charge in [-0.25, -0.2) is 0 Å². The number of halogens is 1. The van der Waals surface area contributed by atoms with Crippen molar-refractivity contribution in [2.24, 2.45) is 0 Å². The first-order chi connectivity index (χ1) is 16.5. The highest BCUT2D eigenvalue weighted by Gasteiger charge is 2.31. The summed E-state index contributed by atoms with van der Waals surface area (Å²) in [5.74, 6) is -0.276. The van der Waals surface area contributed by atoms with E-state index in [1.165, 1.54) is 0 Å². The van der Waals surface area contributed by atoms with Crippen molar-refractivity contribution in [3.05, 3.63) is 77.0 Å². The van der Waals surface area contributed by atoms with Crippen LogP contribution in [0.2, 0.25) is 5.02 Å². The van der Waals surface area contributed by atoms with Crippen LogP contribution in [0.3, 0.4) is 0 Å². The van der Waals surface area contributed by atoms with E-state index in [-0.39, 0.29) is 23.1 Å². The molecule has 1 aliphatic carbocycles. The maximum atomic E-state index is 12.6. The van der Waals surface area contributed by atoms with Gasteiger partial charge in [0.05, 0.1) is 5.57 Å². The predicted octanol–water partition coefficient (Wildman–Crippen LogP) is 3.84. The fraction of sp³-hybridized carbons (Fsp3) is 0.346. The molecular weight excluding hydrogens is 468 g/mol. The van der Waals surface area contributed by atoms with Gasteiger partial charge in [0.2, 0.25) is 0 Å². The summed E-state index contributed by atoms with van der Waals surface area (Å²) in [6, 6.07) is 17.3. The molecule has 6 nitrogen and oxygen atoms in total. The van der Waals surface area contributed by atoms with E-state index in [0.717, 1.165) is 49.1 Å². The minimum absolute atomic E-state index is 0.0758. The third-order valence-corrected chi connectivity index (χ3v) is 6.92. The largest absolute Gasteiger partial charge is 0.389 e. The molecule has 2 N–H and O–H groups in total. The number of ketones is 2. The van der Waals surface area contributed by atoms with Crippen molar-refractivity contribution in [1.29, 1.82) is 0 Å². The van der Waals surface area contributed by atoms with Crippen molar-refractivity contribution in [3.63, 3.8) is 0 Å². The Morgan fingerprint density at radius 1 is 0.971 bits per heavy atom. The molecule has 0 spiro atoms. The molecule has 1 heterocycles. The van der Waals surface area contributed by atoms with Gasteiger partial charge in [-0.2, -0.15) is 0 Å². The lowest BCUT2D eigenvalue weighted by Crippen LogP contribution is -2.50. The van der Waals surface area contributed by atoms with Gasteiger partial charge in [-0.1, -0.05) is 41.9 Å². The molecule has 0 bridgehead atoms. The number of hydrogen-bond donors (Lipinski definition) is 2. The second kappa shape index (κ2) is 11.6. The monoisotopic (exact) mass is 496 g/mol. The highest BCUT2D eigenvalue weighted by atomic mass is 35.5. The van der Waals surface area contributed by atoms with Crippen LogP contribution in [-0.4, -0.2) is 65.7 Å². The van der Waals surface area contributed by atoms with Crippen molar-refractivity contribution in [2.75, 3.05) is 44.6 Å². The summed E-state index contributed by atoms with van der Waals surface area (Å²) >= 11 is 11.5. The van der Waals surface area contributed by atoms with Crippen molar-refractivity contribution in [3.8, 4) is 0 Å². The van der Waals surface area contributed by atoms with E-state index in [1.54, 1.807) is 18.3 Å². The number of benzene rings is 2. The number of rotatable bonds is 6. The average Bonchev–Trinajstić information content (AvgIpc) is 2.84. The molecule has 0 aromatic heterocycles. The van der Waals surface area contributed by atoms with Crippen LogP contribution in [-0.2, 0) is 9.59 Å². The molecule has 0 radical (unpaired) electrons. The summed E-state index contributed by atoms with van der Waals surface area (Å²) in [7, 11) is 0. The van der Waals surface area contributed by atoms with Crippen LogP contribution in [0.25, 0.3) is 0 Å². The molecule has 1 saturated carbocycles. The number of allylic oxidation sites excluding steroid dienone is 1. The maximum Gasteiger partial charge on any atom is 0.173 e. The van der Waals surface area contributed by atoms with E-state index in [4.69, 9.17) is 23.8 Å². The molecule has 4 rings (SSSR count). The van der Waals surface area contributed by atoms with Crippen molar-refractivity contribution in [1.82, 2.24) is 15.1 Å². The summed E-state index contributed by atoms with van der Waals surface area (Å²) in [6.07, 6.45) is 2.30. The number of carbonyl (C=O) groups excluding carboxylic acids is 2. The predicted molar refractivity (Wildman–Crippen MR) is 140 cm³/mol. The molecule has 178 valence electrons. The molecule has 2 aromatic rings. The Bertz CT molecular complexity index is 1030. The van der Waals surface area contributed by atoms with Gasteiger partial charge in [-0.05, 0) is 48.0 Å². The van der Waals surface area contributed by atoms with Gasteiger partial charge >= 0.3 is 0 Å². The minimum atomic E-state index is -0.100. The summed E-state index contributed by atoms with van der Waals surface area (Å²) in [4.78, 5) is 29.7. The quantitative estimate of drug-likeness (QED) is 0.272. The number of anilines is 1. The normalized spacial score (nSPS) is 19.1. The molecule has 2 aromatic carbocycles. The molecule has 0 atom stereocenters. The first-order valence-corrected chi connectivity index (χ1v) is 12.4. The molecular formula is C26H29ClN4O2S. The Morgan fingerprint density at radius 2 is 1.62 bits per heavy atom. The number of nitrogens with one attached hydrogen (secondary N) is 2. The van der Waals surface area contributed by atoms with Gasteiger partial charge in [0.25, 0.3) is 0 Å². The van der Waals surface area contributed by atoms with Crippen LogP contribution in [0.4, 0.5) is 5.69 Å². The van der Waals surface area contributed by atoms with E-state index >= 15 is 0 Å². The second-order valence-electron chi connectivity index (χ2n) is 8.64. The van der Waals surface area contributed by atoms with Crippen molar-refractivity contribution in [2.45, 2.75) is 18.8 Å². The van der Waals surface area contributed by atoms with E-state index in [9.17, 15) is 9.59 Å². The van der Waals surface area contributed by atoms with Crippen LogP contribution < -0.4 is 10.6 Å². The number of hydrogen-bond acceptors (Lipinski definition) is 5. The Labute approximate surface area is 211 Å². The first kappa shape index (κ1) is 24.4. The zero-order valence-electron chi connectivity index (χ0n) is 19.0. The zero-order chi connectivity index (χ0) is 23.9. The fourth-order valence-corrected chi connectivity index (χ4v) is 4.75. The van der Waals surface area contributed by atoms with Gasteiger partial charge in [-0.3, -0.25) is 14.5 Å². The summed E-state index contributed by atoms with van der Waals surface area (Å²) in [5, 5.41) is 7.86. The molecule has 34 heavy (non-hydrogen) atoms. The van der Waals surface area contributed by atoms with Crippen molar-refractivity contribution >= 4 is 46.2 Å². The van der Waals surface area contributed by atoms with Gasteiger partial charge in [-0.15, -0.1) is 0 Å². The minimum Gasteiger partial charge on any atom is -0.389 e. The summed E-state index contributed by atoms with van der Waals surface area (Å²) < 4.78 is 0. The smallest absolute Gasteiger partial charge is 0.173 e. The number of Topliss-reactive ketones (excluding diaryl/α,β-unsaturated/α-hetero) is 2. The average molecular weight is 497 g/mol. The highest BCUT2D eigenvalue weighted by molar-refractivity contribution is 7.80. The standard InChI is InChI=1S/C26H29ClN4O2S/c27-21-8-6-19(7-9-21)20-16-24(32)23(25(33)17-20)18-28-10-11-30-12-14-31(15-13-30)26(34)29-22-4-2-1-3-5-22/h1-9,18,20,28H,10-17H2,(H,29,34). The Hall–Kier alpha value is -2.74. The molecule has 2 aliphatic rings. The Kier molecular flexibility index (Phi) is 8.32. The lowest BCUT2D eigenvalue weighted by Gasteiger charge is -2.36. The number of thiocarbonyl (C=S) groups is 1. The topological polar surface area (TPSA) is 64.7 Å². The Morgan fingerprint density at radius 3 is 2.26 bits per heavy atom. The molecule has 1 aliphatic heterocycles. The van der Waals surface area contributed by atoms with Crippen LogP contribution in [0.5, 0.6) is 0 Å². The fourth-order valence-electron chi connectivity index (χ4n) is 4.32. The molecule has 0 unspecified atom stereocenters. The van der Waals surface area contributed by atoms with E-state index < -0.39 is 0 Å². The number of piperazine rings is 1. The molecule has 0 amide bonds. The maximum absolute atomic E-state index is 12.6. The van der Waals surface area contributed by atoms with Gasteiger partial charge < -0.3 is 15.5 Å². The number of para-hydroxylation sites is 1. The molecule has 1 saturated heterocycles. The number of nitrogens with zero attached hydrogens (tertiary/aromatic N) is 2. The van der Waals surface area contributed by atoms with Gasteiger partial charge in [0, 0.05) is 69.0 Å². The van der Waals surface area contributed by atoms with Crippen molar-refractivity contribution < 1.29 is 9.59 Å². The lowest BCUT2D eigenvalue weighted by molar-refractivity contribution is -0.124. The van der Waals surface area contributed by atoms with E-state index in [0.29, 0.717) is 24.4 Å². The van der Waals surface area contributed by atoms with E-state index in [2.05, 4.69) is 20.4 Å². The zero-order valence-corrected chi connectivity index (χ0v) is 20.6. The molecule has 2 fully saturated rings. The highest BCUT2D eigenvalue weighted by Crippen LogP contribution is 2.31. The van der Waals surface area contributed by atoms with Gasteiger partial charge in [0.15, 0.2) is 16.7 Å². The van der Waals surface area contributed by atoms with Crippen LogP contribution in [0, 0.1) is 0 Å². The third-order valence-electron chi connectivity index (χ3n) is 6.31. The van der Waals surface area contributed by atoms with Crippen LogP contribution >= 0.6 is 23.8 Å². The lowest BCUT2D eigenvalue weighted by atomic mass is 9.80. The summed E-state index contributed by atoms with van der Waals surface area (Å²) in [5.41, 5.74) is 2.27.